The summed E-state index contributed by atoms with van der Waals surface area (Å²) >= 11 is 0. The molecule has 1 aromatic heterocycles. The fourth-order valence-corrected chi connectivity index (χ4v) is 3.24. The number of hydrogen-bond donors (Lipinski definition) is 1. The number of nitrogens with one attached hydrogen (secondary N) is 1. The van der Waals surface area contributed by atoms with Crippen LogP contribution in [0.1, 0.15) is 41.4 Å². The Morgan fingerprint density at radius 1 is 1.40 bits per heavy atom. The lowest BCUT2D eigenvalue weighted by atomic mass is 10.0. The van der Waals surface area contributed by atoms with Gasteiger partial charge in [0.25, 0.3) is 0 Å². The van der Waals surface area contributed by atoms with Crippen LogP contribution in [-0.2, 0) is 11.3 Å². The molecule has 1 aliphatic rings. The molecule has 1 fully saturated rings. The Labute approximate surface area is 142 Å². The number of carbonyl (C=O) groups excluding carboxylic acids is 1. The van der Waals surface area contributed by atoms with Gasteiger partial charge in [-0.1, -0.05) is 0 Å². The molecular weight excluding hydrogens is 335 g/mol. The van der Waals surface area contributed by atoms with Crippen LogP contribution < -0.4 is 10.1 Å². The number of halogens is 3. The summed E-state index contributed by atoms with van der Waals surface area (Å²) in [6.45, 7) is 0.764. The highest BCUT2D eigenvalue weighted by Crippen LogP contribution is 2.30. The van der Waals surface area contributed by atoms with Crippen molar-refractivity contribution in [2.75, 3.05) is 0 Å². The topological polar surface area (TPSA) is 56.2 Å². The standard InChI is InChI=1S/C17H18F3N3O2/c1-9-16(13-4-6-15(24)21-13)10(2)23(22-9)8-11-7-12(18)3-5-14(11)25-17(19)20/h3,5,7,13,17H,4,6,8H2,1-2H3,(H,21,24). The number of amides is 1. The van der Waals surface area contributed by atoms with E-state index in [0.717, 1.165) is 29.1 Å². The lowest BCUT2D eigenvalue weighted by Crippen LogP contribution is -2.19. The number of benzene rings is 1. The van der Waals surface area contributed by atoms with Gasteiger partial charge in [0.15, 0.2) is 0 Å². The molecule has 0 bridgehead atoms. The van der Waals surface area contributed by atoms with Crippen molar-refractivity contribution in [3.63, 3.8) is 0 Å². The smallest absolute Gasteiger partial charge is 0.387 e. The van der Waals surface area contributed by atoms with E-state index in [0.29, 0.717) is 12.8 Å². The van der Waals surface area contributed by atoms with E-state index in [-0.39, 0.29) is 29.8 Å². The van der Waals surface area contributed by atoms with Crippen molar-refractivity contribution in [3.8, 4) is 5.75 Å². The van der Waals surface area contributed by atoms with Crippen LogP contribution in [0.5, 0.6) is 5.75 Å². The fraction of sp³-hybridized carbons (Fsp3) is 0.412. The summed E-state index contributed by atoms with van der Waals surface area (Å²) in [5.41, 5.74) is 2.74. The summed E-state index contributed by atoms with van der Waals surface area (Å²) in [5, 5.41) is 7.32. The summed E-state index contributed by atoms with van der Waals surface area (Å²) in [4.78, 5) is 11.5. The second kappa shape index (κ2) is 6.78. The number of aromatic nitrogens is 2. The Bertz CT molecular complexity index is 805. The minimum atomic E-state index is -2.99. The maximum atomic E-state index is 13.5. The average molecular weight is 353 g/mol. The van der Waals surface area contributed by atoms with Crippen LogP contribution in [0.3, 0.4) is 0 Å². The monoisotopic (exact) mass is 353 g/mol. The summed E-state index contributed by atoms with van der Waals surface area (Å²) in [5.74, 6) is -0.629. The predicted molar refractivity (Wildman–Crippen MR) is 84.0 cm³/mol. The van der Waals surface area contributed by atoms with Crippen LogP contribution in [0, 0.1) is 19.7 Å². The molecule has 5 nitrogen and oxygen atoms in total. The average Bonchev–Trinajstić information content (AvgIpc) is 3.05. The molecule has 1 N–H and O–H groups in total. The van der Waals surface area contributed by atoms with E-state index in [2.05, 4.69) is 15.2 Å². The van der Waals surface area contributed by atoms with Gasteiger partial charge in [0.2, 0.25) is 5.91 Å². The molecule has 1 unspecified atom stereocenters. The van der Waals surface area contributed by atoms with Crippen molar-refractivity contribution < 1.29 is 22.7 Å². The summed E-state index contributed by atoms with van der Waals surface area (Å²) < 4.78 is 44.7. The van der Waals surface area contributed by atoms with E-state index in [1.807, 2.05) is 13.8 Å². The van der Waals surface area contributed by atoms with E-state index in [1.54, 1.807) is 4.68 Å². The summed E-state index contributed by atoms with van der Waals surface area (Å²) in [7, 11) is 0. The van der Waals surface area contributed by atoms with E-state index in [4.69, 9.17) is 0 Å². The number of nitrogens with zero attached hydrogens (tertiary/aromatic N) is 2. The van der Waals surface area contributed by atoms with E-state index in [9.17, 15) is 18.0 Å². The van der Waals surface area contributed by atoms with Gasteiger partial charge in [0.1, 0.15) is 11.6 Å². The first-order valence-corrected chi connectivity index (χ1v) is 7.91. The van der Waals surface area contributed by atoms with Crippen LogP contribution in [0.15, 0.2) is 18.2 Å². The van der Waals surface area contributed by atoms with Crippen molar-refractivity contribution in [1.82, 2.24) is 15.1 Å². The van der Waals surface area contributed by atoms with Crippen LogP contribution >= 0.6 is 0 Å². The summed E-state index contributed by atoms with van der Waals surface area (Å²) in [6.07, 6.45) is 1.15. The van der Waals surface area contributed by atoms with Crippen LogP contribution in [0.4, 0.5) is 13.2 Å². The van der Waals surface area contributed by atoms with Crippen LogP contribution in [0.25, 0.3) is 0 Å². The third kappa shape index (κ3) is 3.62. The molecule has 0 radical (unpaired) electrons. The SMILES string of the molecule is Cc1nn(Cc2cc(F)ccc2OC(F)F)c(C)c1C1CCC(=O)N1. The minimum Gasteiger partial charge on any atom is -0.434 e. The first kappa shape index (κ1) is 17.3. The Morgan fingerprint density at radius 2 is 2.16 bits per heavy atom. The Balaban J connectivity index is 1.91. The van der Waals surface area contributed by atoms with Gasteiger partial charge < -0.3 is 10.1 Å². The van der Waals surface area contributed by atoms with Gasteiger partial charge in [-0.25, -0.2) is 4.39 Å². The van der Waals surface area contributed by atoms with Crippen molar-refractivity contribution in [3.05, 3.63) is 46.5 Å². The normalized spacial score (nSPS) is 17.2. The molecule has 0 saturated carbocycles. The number of carbonyl (C=O) groups is 1. The van der Waals surface area contributed by atoms with Gasteiger partial charge in [-0.3, -0.25) is 9.48 Å². The van der Waals surface area contributed by atoms with Gasteiger partial charge in [-0.15, -0.1) is 0 Å². The van der Waals surface area contributed by atoms with Crippen molar-refractivity contribution >= 4 is 5.91 Å². The molecule has 1 aromatic carbocycles. The molecule has 3 rings (SSSR count). The van der Waals surface area contributed by atoms with Gasteiger partial charge in [-0.2, -0.15) is 13.9 Å². The highest BCUT2D eigenvalue weighted by molar-refractivity contribution is 5.78. The maximum Gasteiger partial charge on any atom is 0.387 e. The zero-order valence-corrected chi connectivity index (χ0v) is 13.9. The molecule has 1 atom stereocenters. The lowest BCUT2D eigenvalue weighted by Gasteiger charge is -2.13. The Morgan fingerprint density at radius 3 is 2.80 bits per heavy atom. The quantitative estimate of drug-likeness (QED) is 0.898. The van der Waals surface area contributed by atoms with Gasteiger partial charge in [-0.05, 0) is 38.5 Å². The molecular formula is C17H18F3N3O2. The minimum absolute atomic E-state index is 0.00528. The maximum absolute atomic E-state index is 13.5. The van der Waals surface area contributed by atoms with Crippen LogP contribution in [0.2, 0.25) is 0 Å². The molecule has 1 saturated heterocycles. The molecule has 134 valence electrons. The molecule has 8 heteroatoms. The first-order valence-electron chi connectivity index (χ1n) is 7.91. The second-order valence-corrected chi connectivity index (χ2v) is 6.03. The van der Waals surface area contributed by atoms with Gasteiger partial charge >= 0.3 is 6.61 Å². The molecule has 2 heterocycles. The lowest BCUT2D eigenvalue weighted by molar-refractivity contribution is -0.119. The summed E-state index contributed by atoms with van der Waals surface area (Å²) in [6, 6.07) is 3.30. The first-order chi connectivity index (χ1) is 11.8. The van der Waals surface area contributed by atoms with Crippen molar-refractivity contribution in [2.24, 2.45) is 0 Å². The highest BCUT2D eigenvalue weighted by atomic mass is 19.3. The van der Waals surface area contributed by atoms with E-state index >= 15 is 0 Å². The molecule has 2 aromatic rings. The fourth-order valence-electron chi connectivity index (χ4n) is 3.24. The number of aryl methyl sites for hydroxylation is 1. The van der Waals surface area contributed by atoms with Gasteiger partial charge in [0, 0.05) is 23.2 Å². The van der Waals surface area contributed by atoms with E-state index in [1.165, 1.54) is 6.07 Å². The largest absolute Gasteiger partial charge is 0.434 e. The number of alkyl halides is 2. The predicted octanol–water partition coefficient (Wildman–Crippen LogP) is 3.24. The molecule has 1 aliphatic heterocycles. The van der Waals surface area contributed by atoms with Crippen LogP contribution in [-0.4, -0.2) is 22.3 Å². The van der Waals surface area contributed by atoms with Crippen molar-refractivity contribution in [1.29, 1.82) is 0 Å². The number of rotatable bonds is 5. The molecule has 1 amide bonds. The third-order valence-corrected chi connectivity index (χ3v) is 4.34. The van der Waals surface area contributed by atoms with Crippen molar-refractivity contribution in [2.45, 2.75) is 45.9 Å². The second-order valence-electron chi connectivity index (χ2n) is 6.03. The molecule has 0 spiro atoms. The number of hydrogen-bond acceptors (Lipinski definition) is 3. The zero-order chi connectivity index (χ0) is 18.1. The Kier molecular flexibility index (Phi) is 4.69. The third-order valence-electron chi connectivity index (χ3n) is 4.34. The zero-order valence-electron chi connectivity index (χ0n) is 13.9. The van der Waals surface area contributed by atoms with Gasteiger partial charge in [0.05, 0.1) is 18.3 Å². The highest BCUT2D eigenvalue weighted by Gasteiger charge is 2.28. The Hall–Kier alpha value is -2.51. The van der Waals surface area contributed by atoms with E-state index < -0.39 is 12.4 Å². The number of ether oxygens (including phenoxy) is 1. The molecule has 0 aliphatic carbocycles. The molecule has 25 heavy (non-hydrogen) atoms.